The third-order valence-corrected chi connectivity index (χ3v) is 4.90. The lowest BCUT2D eigenvalue weighted by Gasteiger charge is -2.07. The van der Waals surface area contributed by atoms with E-state index in [2.05, 4.69) is 4.72 Å². The van der Waals surface area contributed by atoms with Crippen molar-refractivity contribution in [2.45, 2.75) is 37.1 Å². The molecule has 1 aromatic carbocycles. The van der Waals surface area contributed by atoms with Gasteiger partial charge < -0.3 is 5.73 Å². The Morgan fingerprint density at radius 3 is 2.80 bits per heavy atom. The highest BCUT2D eigenvalue weighted by Crippen LogP contribution is 2.36. The van der Waals surface area contributed by atoms with Crippen molar-refractivity contribution in [3.05, 3.63) is 28.3 Å². The van der Waals surface area contributed by atoms with Gasteiger partial charge in [0.05, 0.1) is 4.92 Å². The molecule has 3 N–H and O–H groups in total. The predicted octanol–water partition coefficient (Wildman–Crippen LogP) is 1.64. The Morgan fingerprint density at radius 2 is 2.20 bits per heavy atom. The summed E-state index contributed by atoms with van der Waals surface area (Å²) in [5.74, 6) is 0.336. The van der Waals surface area contributed by atoms with Crippen LogP contribution in [0.2, 0.25) is 0 Å². The smallest absolute Gasteiger partial charge is 0.291 e. The first-order valence-corrected chi connectivity index (χ1v) is 7.89. The number of hydrogen-bond donors (Lipinski definition) is 2. The Kier molecular flexibility index (Phi) is 3.96. The van der Waals surface area contributed by atoms with Gasteiger partial charge in [0.15, 0.2) is 4.90 Å². The summed E-state index contributed by atoms with van der Waals surface area (Å²) in [6.45, 7) is 2.04. The van der Waals surface area contributed by atoms with E-state index in [1.807, 2.05) is 6.92 Å². The number of anilines is 1. The van der Waals surface area contributed by atoms with Gasteiger partial charge in [-0.15, -0.1) is 0 Å². The largest absolute Gasteiger partial charge is 0.399 e. The summed E-state index contributed by atoms with van der Waals surface area (Å²) in [5, 5.41) is 10.9. The average Bonchev–Trinajstić information content (AvgIpc) is 3.06. The second kappa shape index (κ2) is 5.37. The van der Waals surface area contributed by atoms with Crippen LogP contribution < -0.4 is 10.5 Å². The second-order valence-electron chi connectivity index (χ2n) is 5.00. The van der Waals surface area contributed by atoms with Crippen molar-refractivity contribution < 1.29 is 13.3 Å². The quantitative estimate of drug-likeness (QED) is 0.470. The summed E-state index contributed by atoms with van der Waals surface area (Å²) in [7, 11) is -3.89. The maximum atomic E-state index is 12.2. The Morgan fingerprint density at radius 1 is 1.50 bits per heavy atom. The van der Waals surface area contributed by atoms with E-state index in [-0.39, 0.29) is 16.6 Å². The summed E-state index contributed by atoms with van der Waals surface area (Å²) < 4.78 is 26.9. The number of rotatable bonds is 6. The number of nitro benzene ring substituents is 1. The molecule has 1 saturated carbocycles. The van der Waals surface area contributed by atoms with E-state index in [1.54, 1.807) is 0 Å². The summed E-state index contributed by atoms with van der Waals surface area (Å²) in [5.41, 5.74) is 5.13. The van der Waals surface area contributed by atoms with Crippen LogP contribution in [0.1, 0.15) is 26.2 Å². The molecule has 1 aromatic rings. The molecule has 0 aliphatic heterocycles. The van der Waals surface area contributed by atoms with Crippen molar-refractivity contribution >= 4 is 21.4 Å². The summed E-state index contributed by atoms with van der Waals surface area (Å²) in [6.07, 6.45) is 2.73. The molecular weight excluding hydrogens is 282 g/mol. The number of nitrogens with zero attached hydrogens (tertiary/aromatic N) is 1. The van der Waals surface area contributed by atoms with Crippen LogP contribution in [0.15, 0.2) is 23.1 Å². The first kappa shape index (κ1) is 14.7. The van der Waals surface area contributed by atoms with Gasteiger partial charge >= 0.3 is 0 Å². The van der Waals surface area contributed by atoms with E-state index in [1.165, 1.54) is 12.1 Å². The van der Waals surface area contributed by atoms with Crippen LogP contribution in [0.5, 0.6) is 0 Å². The molecule has 0 bridgehead atoms. The van der Waals surface area contributed by atoms with Gasteiger partial charge in [-0.1, -0.05) is 13.3 Å². The minimum Gasteiger partial charge on any atom is -0.399 e. The van der Waals surface area contributed by atoms with Crippen LogP contribution in [-0.4, -0.2) is 19.4 Å². The molecule has 2 unspecified atom stereocenters. The fraction of sp³-hybridized carbons (Fsp3) is 0.500. The van der Waals surface area contributed by atoms with Crippen molar-refractivity contribution in [3.63, 3.8) is 0 Å². The van der Waals surface area contributed by atoms with E-state index in [0.29, 0.717) is 5.92 Å². The Bertz CT molecular complexity index is 630. The highest BCUT2D eigenvalue weighted by molar-refractivity contribution is 7.89. The second-order valence-corrected chi connectivity index (χ2v) is 6.68. The number of benzene rings is 1. The molecule has 1 fully saturated rings. The molecular formula is C12H17N3O4S. The third-order valence-electron chi connectivity index (χ3n) is 3.36. The molecule has 2 rings (SSSR count). The van der Waals surface area contributed by atoms with Gasteiger partial charge in [0, 0.05) is 17.8 Å². The molecule has 20 heavy (non-hydrogen) atoms. The maximum Gasteiger partial charge on any atom is 0.291 e. The number of nitrogen functional groups attached to an aromatic ring is 1. The molecule has 0 spiro atoms. The molecule has 1 aliphatic rings. The lowest BCUT2D eigenvalue weighted by atomic mass is 10.2. The van der Waals surface area contributed by atoms with Crippen molar-refractivity contribution in [2.24, 2.45) is 5.92 Å². The van der Waals surface area contributed by atoms with Crippen LogP contribution in [-0.2, 0) is 10.0 Å². The van der Waals surface area contributed by atoms with Crippen molar-refractivity contribution in [1.29, 1.82) is 0 Å². The molecule has 1 aliphatic carbocycles. The first-order valence-electron chi connectivity index (χ1n) is 6.41. The average molecular weight is 299 g/mol. The van der Waals surface area contributed by atoms with Gasteiger partial charge in [0.25, 0.3) is 5.69 Å². The topological polar surface area (TPSA) is 115 Å². The summed E-state index contributed by atoms with van der Waals surface area (Å²) in [6, 6.07) is 3.47. The van der Waals surface area contributed by atoms with Crippen molar-refractivity contribution in [2.75, 3.05) is 5.73 Å². The maximum absolute atomic E-state index is 12.2. The summed E-state index contributed by atoms with van der Waals surface area (Å²) >= 11 is 0. The number of nitro groups is 1. The minimum absolute atomic E-state index is 0.114. The Balaban J connectivity index is 2.24. The first-order chi connectivity index (χ1) is 9.35. The number of nitrogens with two attached hydrogens (primary N) is 1. The van der Waals surface area contributed by atoms with Gasteiger partial charge in [-0.05, 0) is 30.9 Å². The Labute approximate surface area is 117 Å². The van der Waals surface area contributed by atoms with Crippen LogP contribution >= 0.6 is 0 Å². The normalized spacial score (nSPS) is 21.6. The predicted molar refractivity (Wildman–Crippen MR) is 74.6 cm³/mol. The molecule has 0 radical (unpaired) electrons. The highest BCUT2D eigenvalue weighted by atomic mass is 32.2. The molecule has 0 heterocycles. The zero-order valence-electron chi connectivity index (χ0n) is 11.1. The SMILES string of the molecule is CCCC1CC1NS(=O)(=O)c1ccc(N)cc1[N+](=O)[O-]. The van der Waals surface area contributed by atoms with Crippen LogP contribution in [0.4, 0.5) is 11.4 Å². The van der Waals surface area contributed by atoms with E-state index < -0.39 is 20.6 Å². The number of sulfonamides is 1. The molecule has 2 atom stereocenters. The standard InChI is InChI=1S/C12H17N3O4S/c1-2-3-8-6-10(8)14-20(18,19)12-5-4-9(13)7-11(12)15(16)17/h4-5,7-8,10,14H,2-3,6,13H2,1H3. The third kappa shape index (κ3) is 3.07. The fourth-order valence-corrected chi connectivity index (χ4v) is 3.72. The van der Waals surface area contributed by atoms with Crippen LogP contribution in [0.3, 0.4) is 0 Å². The van der Waals surface area contributed by atoms with Gasteiger partial charge in [-0.2, -0.15) is 0 Å². The highest BCUT2D eigenvalue weighted by Gasteiger charge is 2.40. The molecule has 110 valence electrons. The van der Waals surface area contributed by atoms with Crippen molar-refractivity contribution in [1.82, 2.24) is 4.72 Å². The lowest BCUT2D eigenvalue weighted by Crippen LogP contribution is -2.27. The molecule has 0 aromatic heterocycles. The van der Waals surface area contributed by atoms with Gasteiger partial charge in [0.1, 0.15) is 0 Å². The van der Waals surface area contributed by atoms with Crippen LogP contribution in [0.25, 0.3) is 0 Å². The van der Waals surface area contributed by atoms with Crippen molar-refractivity contribution in [3.8, 4) is 0 Å². The van der Waals surface area contributed by atoms with Gasteiger partial charge in [-0.3, -0.25) is 10.1 Å². The molecule has 8 heteroatoms. The van der Waals surface area contributed by atoms with Gasteiger partial charge in [-0.25, -0.2) is 13.1 Å². The number of hydrogen-bond acceptors (Lipinski definition) is 5. The minimum atomic E-state index is -3.89. The van der Waals surface area contributed by atoms with E-state index >= 15 is 0 Å². The molecule has 0 amide bonds. The van der Waals surface area contributed by atoms with Gasteiger partial charge in [0.2, 0.25) is 10.0 Å². The molecule has 0 saturated heterocycles. The van der Waals surface area contributed by atoms with E-state index in [0.717, 1.165) is 25.3 Å². The van der Waals surface area contributed by atoms with E-state index in [4.69, 9.17) is 5.73 Å². The number of nitrogens with one attached hydrogen (secondary N) is 1. The monoisotopic (exact) mass is 299 g/mol. The summed E-state index contributed by atoms with van der Waals surface area (Å²) in [4.78, 5) is 9.88. The van der Waals surface area contributed by atoms with Crippen LogP contribution in [0, 0.1) is 16.0 Å². The zero-order valence-corrected chi connectivity index (χ0v) is 11.9. The Hall–Kier alpha value is -1.67. The lowest BCUT2D eigenvalue weighted by molar-refractivity contribution is -0.387. The fourth-order valence-electron chi connectivity index (χ4n) is 2.25. The van der Waals surface area contributed by atoms with E-state index in [9.17, 15) is 18.5 Å². The zero-order chi connectivity index (χ0) is 14.9. The molecule has 7 nitrogen and oxygen atoms in total.